The lowest BCUT2D eigenvalue weighted by molar-refractivity contribution is -0.156. The fourth-order valence-electron chi connectivity index (χ4n) is 3.26. The largest absolute Gasteiger partial charge is 0.434 e. The Morgan fingerprint density at radius 3 is 2.30 bits per heavy atom. The SMILES string of the molecule is Cn1cc(C(F)(F)F)nc1-c1ccc(C2(C(=O)N=[N+]=[N-])CC(F)(F)C2)cc1. The number of benzene rings is 1. The van der Waals surface area contributed by atoms with Crippen molar-refractivity contribution in [3.05, 3.63) is 52.2 Å². The van der Waals surface area contributed by atoms with Crippen LogP contribution in [0, 0.1) is 0 Å². The number of aryl methyl sites for hydroxylation is 1. The third kappa shape index (κ3) is 3.25. The normalized spacial score (nSPS) is 17.7. The first-order chi connectivity index (χ1) is 12.5. The van der Waals surface area contributed by atoms with Crippen LogP contribution in [-0.4, -0.2) is 21.4 Å². The zero-order valence-corrected chi connectivity index (χ0v) is 13.8. The number of aromatic nitrogens is 2. The van der Waals surface area contributed by atoms with Gasteiger partial charge < -0.3 is 4.57 Å². The van der Waals surface area contributed by atoms with Crippen LogP contribution in [-0.2, 0) is 23.4 Å². The Morgan fingerprint density at radius 2 is 1.85 bits per heavy atom. The third-order valence-electron chi connectivity index (χ3n) is 4.53. The summed E-state index contributed by atoms with van der Waals surface area (Å²) in [7, 11) is 1.39. The van der Waals surface area contributed by atoms with Crippen LogP contribution in [0.4, 0.5) is 22.0 Å². The molecule has 0 atom stereocenters. The van der Waals surface area contributed by atoms with Crippen molar-refractivity contribution in [2.24, 2.45) is 12.2 Å². The van der Waals surface area contributed by atoms with Gasteiger partial charge in [0.2, 0.25) is 5.91 Å². The quantitative estimate of drug-likeness (QED) is 0.335. The second kappa shape index (κ2) is 6.05. The van der Waals surface area contributed by atoms with Gasteiger partial charge in [0.1, 0.15) is 5.82 Å². The van der Waals surface area contributed by atoms with Crippen LogP contribution in [0.2, 0.25) is 0 Å². The molecule has 11 heteroatoms. The zero-order chi connectivity index (χ0) is 20.0. The van der Waals surface area contributed by atoms with E-state index in [0.717, 1.165) is 6.20 Å². The molecule has 27 heavy (non-hydrogen) atoms. The second-order valence-corrected chi connectivity index (χ2v) is 6.42. The highest BCUT2D eigenvalue weighted by atomic mass is 19.4. The molecule has 142 valence electrons. The number of carbonyl (C=O) groups excluding carboxylic acids is 1. The van der Waals surface area contributed by atoms with Gasteiger partial charge >= 0.3 is 6.18 Å². The minimum atomic E-state index is -4.60. The molecule has 0 unspecified atom stereocenters. The average Bonchev–Trinajstić information content (AvgIpc) is 2.94. The van der Waals surface area contributed by atoms with E-state index in [1.165, 1.54) is 35.9 Å². The van der Waals surface area contributed by atoms with Crippen molar-refractivity contribution in [1.82, 2.24) is 9.55 Å². The van der Waals surface area contributed by atoms with E-state index in [4.69, 9.17) is 5.53 Å². The van der Waals surface area contributed by atoms with Gasteiger partial charge in [-0.25, -0.2) is 13.8 Å². The standard InChI is InChI=1S/C16H12F5N5O/c1-26-6-11(16(19,20)21)23-12(26)9-2-4-10(5-3-9)14(13(27)24-25-22)7-15(17,18)8-14/h2-6H,7-8H2,1H3. The number of imidazole rings is 1. The van der Waals surface area contributed by atoms with Crippen molar-refractivity contribution in [3.8, 4) is 11.4 Å². The van der Waals surface area contributed by atoms with Gasteiger partial charge in [-0.1, -0.05) is 24.3 Å². The molecule has 0 radical (unpaired) electrons. The van der Waals surface area contributed by atoms with Gasteiger partial charge in [-0.05, 0) is 16.2 Å². The number of nitrogens with zero attached hydrogens (tertiary/aromatic N) is 5. The number of alkyl halides is 5. The number of azide groups is 1. The molecule has 1 amide bonds. The Morgan fingerprint density at radius 1 is 1.26 bits per heavy atom. The highest BCUT2D eigenvalue weighted by Crippen LogP contribution is 2.54. The van der Waals surface area contributed by atoms with E-state index in [1.807, 2.05) is 0 Å². The van der Waals surface area contributed by atoms with Gasteiger partial charge in [-0.3, -0.25) is 4.79 Å². The lowest BCUT2D eigenvalue weighted by Gasteiger charge is -2.45. The summed E-state index contributed by atoms with van der Waals surface area (Å²) in [5, 5.41) is 2.95. The van der Waals surface area contributed by atoms with E-state index in [1.54, 1.807) is 0 Å². The van der Waals surface area contributed by atoms with Gasteiger partial charge in [0.05, 0.1) is 5.41 Å². The molecule has 1 fully saturated rings. The van der Waals surface area contributed by atoms with Gasteiger partial charge in [0.25, 0.3) is 5.92 Å². The molecule has 2 aromatic rings. The highest BCUT2D eigenvalue weighted by molar-refractivity contribution is 5.90. The predicted octanol–water partition coefficient (Wildman–Crippen LogP) is 4.61. The molecule has 6 nitrogen and oxygen atoms in total. The fourth-order valence-corrected chi connectivity index (χ4v) is 3.26. The molecule has 0 aliphatic heterocycles. The average molecular weight is 385 g/mol. The smallest absolute Gasteiger partial charge is 0.333 e. The summed E-state index contributed by atoms with van der Waals surface area (Å²) >= 11 is 0. The third-order valence-corrected chi connectivity index (χ3v) is 4.53. The maximum Gasteiger partial charge on any atom is 0.434 e. The van der Waals surface area contributed by atoms with Gasteiger partial charge in [-0.2, -0.15) is 13.2 Å². The first-order valence-electron chi connectivity index (χ1n) is 7.67. The van der Waals surface area contributed by atoms with Gasteiger partial charge in [0, 0.05) is 36.6 Å². The Balaban J connectivity index is 1.96. The van der Waals surface area contributed by atoms with Crippen molar-refractivity contribution in [2.45, 2.75) is 30.4 Å². The molecular weight excluding hydrogens is 373 g/mol. The van der Waals surface area contributed by atoms with Crippen molar-refractivity contribution < 1.29 is 26.7 Å². The minimum absolute atomic E-state index is 0.0308. The van der Waals surface area contributed by atoms with Crippen molar-refractivity contribution in [2.75, 3.05) is 0 Å². The van der Waals surface area contributed by atoms with E-state index in [0.29, 0.717) is 5.56 Å². The van der Waals surface area contributed by atoms with E-state index in [-0.39, 0.29) is 11.4 Å². The first kappa shape index (κ1) is 18.8. The summed E-state index contributed by atoms with van der Waals surface area (Å²) in [6, 6.07) is 5.49. The molecule has 3 rings (SSSR count). The van der Waals surface area contributed by atoms with Crippen molar-refractivity contribution in [1.29, 1.82) is 0 Å². The molecule has 1 heterocycles. The zero-order valence-electron chi connectivity index (χ0n) is 13.8. The topological polar surface area (TPSA) is 83.7 Å². The molecule has 1 aromatic heterocycles. The number of hydrogen-bond acceptors (Lipinski definition) is 2. The number of halogens is 5. The summed E-state index contributed by atoms with van der Waals surface area (Å²) in [6.45, 7) is 0. The van der Waals surface area contributed by atoms with Crippen molar-refractivity contribution >= 4 is 5.91 Å². The highest BCUT2D eigenvalue weighted by Gasteiger charge is 2.61. The molecule has 0 bridgehead atoms. The van der Waals surface area contributed by atoms with E-state index >= 15 is 0 Å². The van der Waals surface area contributed by atoms with Crippen LogP contribution >= 0.6 is 0 Å². The van der Waals surface area contributed by atoms with Crippen molar-refractivity contribution in [3.63, 3.8) is 0 Å². The van der Waals surface area contributed by atoms with E-state index in [2.05, 4.69) is 15.0 Å². The lowest BCUT2D eigenvalue weighted by Crippen LogP contribution is -2.53. The van der Waals surface area contributed by atoms with Crippen LogP contribution in [0.5, 0.6) is 0 Å². The Labute approximate surface area is 149 Å². The lowest BCUT2D eigenvalue weighted by atomic mass is 9.61. The van der Waals surface area contributed by atoms with Gasteiger partial charge in [0.15, 0.2) is 5.69 Å². The molecule has 0 spiro atoms. The number of carbonyl (C=O) groups is 1. The Kier molecular flexibility index (Phi) is 4.22. The van der Waals surface area contributed by atoms with E-state index in [9.17, 15) is 26.7 Å². The number of amides is 1. The Bertz CT molecular complexity index is 933. The molecule has 0 saturated heterocycles. The fraction of sp³-hybridized carbons (Fsp3) is 0.375. The van der Waals surface area contributed by atoms with Crippen LogP contribution in [0.3, 0.4) is 0 Å². The minimum Gasteiger partial charge on any atom is -0.333 e. The van der Waals surface area contributed by atoms with Crippen LogP contribution in [0.15, 0.2) is 35.6 Å². The summed E-state index contributed by atoms with van der Waals surface area (Å²) in [5.41, 5.74) is 6.27. The second-order valence-electron chi connectivity index (χ2n) is 6.42. The number of rotatable bonds is 3. The maximum absolute atomic E-state index is 13.4. The van der Waals surface area contributed by atoms with Gasteiger partial charge in [-0.15, -0.1) is 0 Å². The van der Waals surface area contributed by atoms with E-state index < -0.39 is 42.0 Å². The van der Waals surface area contributed by atoms with Crippen LogP contribution < -0.4 is 0 Å². The maximum atomic E-state index is 13.4. The summed E-state index contributed by atoms with van der Waals surface area (Å²) in [5.74, 6) is -4.04. The molecule has 1 aromatic carbocycles. The molecular formula is C16H12F5N5O. The molecule has 0 N–H and O–H groups in total. The monoisotopic (exact) mass is 385 g/mol. The summed E-state index contributed by atoms with van der Waals surface area (Å²) < 4.78 is 66.4. The first-order valence-corrected chi connectivity index (χ1v) is 7.67. The molecule has 1 aliphatic rings. The molecule has 1 aliphatic carbocycles. The summed E-state index contributed by atoms with van der Waals surface area (Å²) in [4.78, 5) is 18.0. The molecule has 1 saturated carbocycles. The predicted molar refractivity (Wildman–Crippen MR) is 83.7 cm³/mol. The van der Waals surface area contributed by atoms with Crippen LogP contribution in [0.25, 0.3) is 21.8 Å². The Hall–Kier alpha value is -2.94. The number of hydrogen-bond donors (Lipinski definition) is 0. The van der Waals surface area contributed by atoms with Crippen LogP contribution in [0.1, 0.15) is 24.1 Å². The summed E-state index contributed by atoms with van der Waals surface area (Å²) in [6.07, 6.45) is -5.35.